The quantitative estimate of drug-likeness (QED) is 0.666. The number of rotatable bonds is 2. The SMILES string of the molecule is CC1CCN(c2c(Br)cncc2[N+](=O)[O-])CC1N. The zero-order valence-electron chi connectivity index (χ0n) is 10.0. The van der Waals surface area contributed by atoms with Crippen LogP contribution in [0.4, 0.5) is 11.4 Å². The number of nitro groups is 1. The zero-order chi connectivity index (χ0) is 13.3. The van der Waals surface area contributed by atoms with Gasteiger partial charge in [0.2, 0.25) is 0 Å². The van der Waals surface area contributed by atoms with E-state index in [9.17, 15) is 10.1 Å². The van der Waals surface area contributed by atoms with E-state index < -0.39 is 4.92 Å². The van der Waals surface area contributed by atoms with E-state index in [-0.39, 0.29) is 11.7 Å². The highest BCUT2D eigenvalue weighted by atomic mass is 79.9. The molecule has 0 aromatic carbocycles. The molecule has 98 valence electrons. The topological polar surface area (TPSA) is 85.3 Å². The van der Waals surface area contributed by atoms with Crippen molar-refractivity contribution < 1.29 is 4.92 Å². The summed E-state index contributed by atoms with van der Waals surface area (Å²) < 4.78 is 0.637. The summed E-state index contributed by atoms with van der Waals surface area (Å²) in [5.74, 6) is 0.445. The van der Waals surface area contributed by atoms with Gasteiger partial charge in [-0.15, -0.1) is 0 Å². The fourth-order valence-electron chi connectivity index (χ4n) is 2.17. The molecule has 1 aromatic heterocycles. The highest BCUT2D eigenvalue weighted by Gasteiger charge is 2.29. The number of halogens is 1. The molecule has 2 unspecified atom stereocenters. The van der Waals surface area contributed by atoms with Crippen molar-refractivity contribution in [2.45, 2.75) is 19.4 Å². The van der Waals surface area contributed by atoms with E-state index in [2.05, 4.69) is 27.8 Å². The molecule has 2 rings (SSSR count). The van der Waals surface area contributed by atoms with Crippen LogP contribution in [0.2, 0.25) is 0 Å². The number of pyridine rings is 1. The molecule has 1 saturated heterocycles. The zero-order valence-corrected chi connectivity index (χ0v) is 11.6. The van der Waals surface area contributed by atoms with Gasteiger partial charge in [0.1, 0.15) is 11.9 Å². The van der Waals surface area contributed by atoms with Crippen molar-refractivity contribution in [3.05, 3.63) is 27.0 Å². The van der Waals surface area contributed by atoms with Crippen LogP contribution < -0.4 is 10.6 Å². The van der Waals surface area contributed by atoms with E-state index in [1.165, 1.54) is 6.20 Å². The first kappa shape index (κ1) is 13.2. The van der Waals surface area contributed by atoms with Crippen molar-refractivity contribution in [2.75, 3.05) is 18.0 Å². The van der Waals surface area contributed by atoms with Gasteiger partial charge in [0.15, 0.2) is 0 Å². The molecule has 1 aromatic rings. The van der Waals surface area contributed by atoms with Crippen LogP contribution in [0.3, 0.4) is 0 Å². The maximum Gasteiger partial charge on any atom is 0.311 e. The second-order valence-corrected chi connectivity index (χ2v) is 5.48. The van der Waals surface area contributed by atoms with Crippen molar-refractivity contribution in [1.29, 1.82) is 0 Å². The van der Waals surface area contributed by atoms with Gasteiger partial charge in [-0.05, 0) is 28.3 Å². The van der Waals surface area contributed by atoms with Crippen molar-refractivity contribution >= 4 is 27.3 Å². The Kier molecular flexibility index (Phi) is 3.82. The molecule has 2 heterocycles. The number of hydrogen-bond acceptors (Lipinski definition) is 5. The summed E-state index contributed by atoms with van der Waals surface area (Å²) in [6.07, 6.45) is 3.79. The van der Waals surface area contributed by atoms with Crippen LogP contribution in [0.5, 0.6) is 0 Å². The average Bonchev–Trinajstić information content (AvgIpc) is 2.32. The van der Waals surface area contributed by atoms with E-state index in [4.69, 9.17) is 5.73 Å². The van der Waals surface area contributed by atoms with Crippen LogP contribution in [0.15, 0.2) is 16.9 Å². The molecule has 0 bridgehead atoms. The first-order valence-corrected chi connectivity index (χ1v) is 6.58. The van der Waals surface area contributed by atoms with Gasteiger partial charge in [0.25, 0.3) is 0 Å². The van der Waals surface area contributed by atoms with Crippen LogP contribution >= 0.6 is 15.9 Å². The van der Waals surface area contributed by atoms with E-state index in [1.54, 1.807) is 6.20 Å². The van der Waals surface area contributed by atoms with Crippen molar-refractivity contribution in [1.82, 2.24) is 4.98 Å². The summed E-state index contributed by atoms with van der Waals surface area (Å²) >= 11 is 3.34. The predicted octanol–water partition coefficient (Wildman–Crippen LogP) is 1.93. The first-order chi connectivity index (χ1) is 8.50. The molecular weight excluding hydrogens is 300 g/mol. The molecule has 0 saturated carbocycles. The Balaban J connectivity index is 2.36. The number of aromatic nitrogens is 1. The second-order valence-electron chi connectivity index (χ2n) is 4.62. The minimum Gasteiger partial charge on any atom is -0.363 e. The molecule has 0 amide bonds. The summed E-state index contributed by atoms with van der Waals surface area (Å²) in [5.41, 5.74) is 6.64. The normalized spacial score (nSPS) is 24.1. The van der Waals surface area contributed by atoms with Crippen molar-refractivity contribution in [3.8, 4) is 0 Å². The van der Waals surface area contributed by atoms with Gasteiger partial charge < -0.3 is 10.6 Å². The average molecular weight is 315 g/mol. The molecule has 0 radical (unpaired) electrons. The summed E-state index contributed by atoms with van der Waals surface area (Å²) in [6, 6.07) is 0.0402. The Hall–Kier alpha value is -1.21. The van der Waals surface area contributed by atoms with Gasteiger partial charge in [-0.3, -0.25) is 15.1 Å². The molecular formula is C11H15BrN4O2. The predicted molar refractivity (Wildman–Crippen MR) is 72.6 cm³/mol. The highest BCUT2D eigenvalue weighted by Crippen LogP contribution is 2.36. The van der Waals surface area contributed by atoms with E-state index in [0.29, 0.717) is 22.6 Å². The largest absolute Gasteiger partial charge is 0.363 e. The second kappa shape index (κ2) is 5.19. The molecule has 1 fully saturated rings. The van der Waals surface area contributed by atoms with Gasteiger partial charge in [0.05, 0.1) is 9.40 Å². The molecule has 7 heteroatoms. The number of piperidine rings is 1. The van der Waals surface area contributed by atoms with Crippen molar-refractivity contribution in [3.63, 3.8) is 0 Å². The molecule has 6 nitrogen and oxygen atoms in total. The number of nitrogens with two attached hydrogens (primary N) is 1. The Labute approximate surface area is 113 Å². The molecule has 1 aliphatic heterocycles. The molecule has 18 heavy (non-hydrogen) atoms. The number of hydrogen-bond donors (Lipinski definition) is 1. The standard InChI is InChI=1S/C11H15BrN4O2/c1-7-2-3-15(6-9(7)13)11-8(12)4-14-5-10(11)16(17)18/h4-5,7,9H,2-3,6,13H2,1H3. The fourth-order valence-corrected chi connectivity index (χ4v) is 2.74. The van der Waals surface area contributed by atoms with Gasteiger partial charge in [-0.25, -0.2) is 0 Å². The molecule has 0 spiro atoms. The smallest absolute Gasteiger partial charge is 0.311 e. The van der Waals surface area contributed by atoms with E-state index in [0.717, 1.165) is 13.0 Å². The summed E-state index contributed by atoms with van der Waals surface area (Å²) in [5, 5.41) is 11.0. The summed E-state index contributed by atoms with van der Waals surface area (Å²) in [7, 11) is 0. The summed E-state index contributed by atoms with van der Waals surface area (Å²) in [4.78, 5) is 16.5. The Morgan fingerprint density at radius 1 is 1.61 bits per heavy atom. The van der Waals surface area contributed by atoms with E-state index in [1.807, 2.05) is 4.90 Å². The van der Waals surface area contributed by atoms with Crippen molar-refractivity contribution in [2.24, 2.45) is 11.7 Å². The molecule has 0 aliphatic carbocycles. The van der Waals surface area contributed by atoms with Crippen LogP contribution in [0.25, 0.3) is 0 Å². The maximum atomic E-state index is 11.0. The minimum absolute atomic E-state index is 0.0196. The van der Waals surface area contributed by atoms with Crippen LogP contribution in [0.1, 0.15) is 13.3 Å². The third-order valence-corrected chi connectivity index (χ3v) is 3.96. The highest BCUT2D eigenvalue weighted by molar-refractivity contribution is 9.10. The fraction of sp³-hybridized carbons (Fsp3) is 0.545. The third kappa shape index (κ3) is 2.46. The third-order valence-electron chi connectivity index (χ3n) is 3.38. The van der Waals surface area contributed by atoms with Gasteiger partial charge in [-0.1, -0.05) is 6.92 Å². The summed E-state index contributed by atoms with van der Waals surface area (Å²) in [6.45, 7) is 3.51. The van der Waals surface area contributed by atoms with Crippen LogP contribution in [-0.4, -0.2) is 29.0 Å². The Morgan fingerprint density at radius 2 is 2.33 bits per heavy atom. The monoisotopic (exact) mass is 314 g/mol. The first-order valence-electron chi connectivity index (χ1n) is 5.79. The lowest BCUT2D eigenvalue weighted by Gasteiger charge is -2.36. The van der Waals surface area contributed by atoms with Gasteiger partial charge >= 0.3 is 5.69 Å². The number of nitrogens with zero attached hydrogens (tertiary/aromatic N) is 3. The van der Waals surface area contributed by atoms with Crippen LogP contribution in [-0.2, 0) is 0 Å². The molecule has 2 atom stereocenters. The van der Waals surface area contributed by atoms with Crippen LogP contribution in [0, 0.1) is 16.0 Å². The van der Waals surface area contributed by atoms with Gasteiger partial charge in [0, 0.05) is 25.3 Å². The maximum absolute atomic E-state index is 11.0. The number of anilines is 1. The lowest BCUT2D eigenvalue weighted by Crippen LogP contribution is -2.47. The minimum atomic E-state index is -0.406. The van der Waals surface area contributed by atoms with Gasteiger partial charge in [-0.2, -0.15) is 0 Å². The van der Waals surface area contributed by atoms with E-state index >= 15 is 0 Å². The molecule has 1 aliphatic rings. The Bertz CT molecular complexity index is 468. The molecule has 2 N–H and O–H groups in total. The Morgan fingerprint density at radius 3 is 2.94 bits per heavy atom. The lowest BCUT2D eigenvalue weighted by atomic mass is 9.94. The lowest BCUT2D eigenvalue weighted by molar-refractivity contribution is -0.384.